The summed E-state index contributed by atoms with van der Waals surface area (Å²) < 4.78 is 5.85. The molecule has 0 bridgehead atoms. The zero-order chi connectivity index (χ0) is 20.2. The molecule has 4 rings (SSSR count). The number of benzene rings is 3. The largest absolute Gasteiger partial charge is 0.505 e. The fourth-order valence-corrected chi connectivity index (χ4v) is 4.32. The highest BCUT2D eigenvalue weighted by atomic mass is 35.5. The molecular weight excluding hydrogens is 446 g/mol. The van der Waals surface area contributed by atoms with E-state index in [9.17, 15) is 15.0 Å². The third-order valence-electron chi connectivity index (χ3n) is 4.62. The topological polar surface area (TPSA) is 66.8 Å². The minimum Gasteiger partial charge on any atom is -0.505 e. The molecule has 0 fully saturated rings. The molecule has 0 radical (unpaired) electrons. The summed E-state index contributed by atoms with van der Waals surface area (Å²) in [5, 5.41) is 19.8. The molecule has 3 aromatic rings. The van der Waals surface area contributed by atoms with E-state index in [1.807, 2.05) is 0 Å². The first-order valence-corrected chi connectivity index (χ1v) is 9.46. The van der Waals surface area contributed by atoms with E-state index in [2.05, 4.69) is 0 Å². The van der Waals surface area contributed by atoms with Gasteiger partial charge in [-0.2, -0.15) is 0 Å². The molecule has 4 nitrogen and oxygen atoms in total. The van der Waals surface area contributed by atoms with Crippen molar-refractivity contribution in [2.24, 2.45) is 0 Å². The Labute approximate surface area is 179 Å². The van der Waals surface area contributed by atoms with Crippen molar-refractivity contribution in [1.29, 1.82) is 0 Å². The molecule has 8 heteroatoms. The van der Waals surface area contributed by atoms with Gasteiger partial charge in [-0.3, -0.25) is 0 Å². The maximum Gasteiger partial charge on any atom is 0.340 e. The summed E-state index contributed by atoms with van der Waals surface area (Å²) in [5.74, 6) is -1.14. The van der Waals surface area contributed by atoms with Crippen molar-refractivity contribution in [3.8, 4) is 11.5 Å². The first kappa shape index (κ1) is 19.2. The Morgan fingerprint density at radius 3 is 1.64 bits per heavy atom. The zero-order valence-corrected chi connectivity index (χ0v) is 16.9. The lowest BCUT2D eigenvalue weighted by atomic mass is 9.80. The average molecular weight is 456 g/mol. The Morgan fingerprint density at radius 2 is 1.18 bits per heavy atom. The predicted molar refractivity (Wildman–Crippen MR) is 108 cm³/mol. The summed E-state index contributed by atoms with van der Waals surface area (Å²) in [7, 11) is 0. The smallest absolute Gasteiger partial charge is 0.340 e. The molecule has 0 atom stereocenters. The second kappa shape index (κ2) is 6.75. The van der Waals surface area contributed by atoms with E-state index >= 15 is 0 Å². The molecule has 0 saturated carbocycles. The Bertz CT molecular complexity index is 1040. The molecular formula is C20H10Cl4O4. The highest BCUT2D eigenvalue weighted by molar-refractivity contribution is 6.38. The molecule has 142 valence electrons. The van der Waals surface area contributed by atoms with Gasteiger partial charge in [0.25, 0.3) is 0 Å². The lowest BCUT2D eigenvalue weighted by Gasteiger charge is -2.31. The summed E-state index contributed by atoms with van der Waals surface area (Å²) >= 11 is 24.5. The van der Waals surface area contributed by atoms with Gasteiger partial charge >= 0.3 is 5.97 Å². The van der Waals surface area contributed by atoms with Crippen molar-refractivity contribution in [2.75, 3.05) is 0 Å². The Balaban J connectivity index is 2.12. The first-order chi connectivity index (χ1) is 13.3. The van der Waals surface area contributed by atoms with Crippen LogP contribution in [-0.2, 0) is 10.3 Å². The number of halogens is 4. The summed E-state index contributed by atoms with van der Waals surface area (Å²) in [4.78, 5) is 12.6. The number of carbonyl (C=O) groups is 1. The van der Waals surface area contributed by atoms with Crippen LogP contribution in [0.2, 0.25) is 20.1 Å². The van der Waals surface area contributed by atoms with Crippen LogP contribution in [0.4, 0.5) is 0 Å². The molecule has 3 aromatic carbocycles. The zero-order valence-electron chi connectivity index (χ0n) is 13.8. The van der Waals surface area contributed by atoms with Crippen LogP contribution < -0.4 is 0 Å². The van der Waals surface area contributed by atoms with Crippen LogP contribution in [0, 0.1) is 0 Å². The highest BCUT2D eigenvalue weighted by Gasteiger charge is 2.49. The van der Waals surface area contributed by atoms with Crippen LogP contribution in [0.5, 0.6) is 11.5 Å². The maximum absolute atomic E-state index is 12.6. The molecule has 0 amide bonds. The van der Waals surface area contributed by atoms with E-state index in [0.29, 0.717) is 22.3 Å². The fourth-order valence-electron chi connectivity index (χ4n) is 3.35. The fraction of sp³-hybridized carbons (Fsp3) is 0.0500. The second-order valence-electron chi connectivity index (χ2n) is 6.19. The standard InChI is InChI=1S/C20H10Cl4O4/c21-13-5-9(6-14(22)17(13)25)20(10-7-15(23)18(26)16(24)8-10)12-4-2-1-3-11(12)19(27)28-20/h1-8,25-26H. The molecule has 1 heterocycles. The number of carbonyl (C=O) groups excluding carboxylic acids is 1. The lowest BCUT2D eigenvalue weighted by Crippen LogP contribution is -2.29. The number of hydrogen-bond acceptors (Lipinski definition) is 4. The number of aromatic hydroxyl groups is 2. The lowest BCUT2D eigenvalue weighted by molar-refractivity contribution is 0.0251. The minimum atomic E-state index is -1.48. The number of rotatable bonds is 2. The number of cyclic esters (lactones) is 1. The van der Waals surface area contributed by atoms with Crippen molar-refractivity contribution in [2.45, 2.75) is 5.60 Å². The normalized spacial score (nSPS) is 14.6. The van der Waals surface area contributed by atoms with Gasteiger partial charge in [0, 0.05) is 16.7 Å². The molecule has 0 spiro atoms. The van der Waals surface area contributed by atoms with E-state index in [-0.39, 0.29) is 31.6 Å². The van der Waals surface area contributed by atoms with Gasteiger partial charge in [-0.05, 0) is 30.3 Å². The Hall–Kier alpha value is -2.11. The number of phenols is 2. The first-order valence-electron chi connectivity index (χ1n) is 7.95. The van der Waals surface area contributed by atoms with E-state index in [1.165, 1.54) is 24.3 Å². The molecule has 0 unspecified atom stereocenters. The predicted octanol–water partition coefficient (Wildman–Crippen LogP) is 6.17. The molecule has 0 aliphatic carbocycles. The van der Waals surface area contributed by atoms with Crippen molar-refractivity contribution in [3.63, 3.8) is 0 Å². The van der Waals surface area contributed by atoms with Crippen molar-refractivity contribution in [1.82, 2.24) is 0 Å². The van der Waals surface area contributed by atoms with Crippen LogP contribution in [0.25, 0.3) is 0 Å². The third-order valence-corrected chi connectivity index (χ3v) is 5.77. The van der Waals surface area contributed by atoms with E-state index in [1.54, 1.807) is 24.3 Å². The van der Waals surface area contributed by atoms with Crippen LogP contribution in [-0.4, -0.2) is 16.2 Å². The number of ether oxygens (including phenoxy) is 1. The van der Waals surface area contributed by atoms with Gasteiger partial charge in [0.1, 0.15) is 0 Å². The van der Waals surface area contributed by atoms with Gasteiger partial charge in [-0.15, -0.1) is 0 Å². The van der Waals surface area contributed by atoms with Crippen LogP contribution >= 0.6 is 46.4 Å². The second-order valence-corrected chi connectivity index (χ2v) is 7.82. The summed E-state index contributed by atoms with van der Waals surface area (Å²) in [6.45, 7) is 0. The Kier molecular flexibility index (Phi) is 4.63. The van der Waals surface area contributed by atoms with Gasteiger partial charge in [0.15, 0.2) is 17.1 Å². The highest BCUT2D eigenvalue weighted by Crippen LogP contribution is 2.51. The van der Waals surface area contributed by atoms with Crippen LogP contribution in [0.15, 0.2) is 48.5 Å². The number of fused-ring (bicyclic) bond motifs is 1. The van der Waals surface area contributed by atoms with Gasteiger partial charge in [-0.1, -0.05) is 64.6 Å². The number of phenolic OH excluding ortho intramolecular Hbond substituents is 2. The SMILES string of the molecule is O=C1OC(c2cc(Cl)c(O)c(Cl)c2)(c2cc(Cl)c(O)c(Cl)c2)c2ccccc21. The molecule has 1 aliphatic rings. The molecule has 0 saturated heterocycles. The van der Waals surface area contributed by atoms with Crippen LogP contribution in [0.3, 0.4) is 0 Å². The third kappa shape index (κ3) is 2.72. The van der Waals surface area contributed by atoms with Crippen molar-refractivity contribution in [3.05, 3.63) is 90.9 Å². The average Bonchev–Trinajstić information content (AvgIpc) is 2.97. The molecule has 1 aliphatic heterocycles. The van der Waals surface area contributed by atoms with Gasteiger partial charge < -0.3 is 14.9 Å². The molecule has 2 N–H and O–H groups in total. The van der Waals surface area contributed by atoms with Gasteiger partial charge in [-0.25, -0.2) is 4.79 Å². The van der Waals surface area contributed by atoms with E-state index < -0.39 is 11.6 Å². The summed E-state index contributed by atoms with van der Waals surface area (Å²) in [5.41, 5.74) is 0.168. The quantitative estimate of drug-likeness (QED) is 0.453. The van der Waals surface area contributed by atoms with Gasteiger partial charge in [0.2, 0.25) is 0 Å². The molecule has 28 heavy (non-hydrogen) atoms. The molecule has 0 aromatic heterocycles. The number of esters is 1. The van der Waals surface area contributed by atoms with Crippen molar-refractivity contribution < 1.29 is 19.7 Å². The number of hydrogen-bond donors (Lipinski definition) is 2. The Morgan fingerprint density at radius 1 is 0.750 bits per heavy atom. The summed E-state index contributed by atoms with van der Waals surface area (Å²) in [6.07, 6.45) is 0. The van der Waals surface area contributed by atoms with Gasteiger partial charge in [0.05, 0.1) is 25.7 Å². The monoisotopic (exact) mass is 454 g/mol. The minimum absolute atomic E-state index is 0.0155. The summed E-state index contributed by atoms with van der Waals surface area (Å²) in [6, 6.07) is 12.6. The van der Waals surface area contributed by atoms with E-state index in [0.717, 1.165) is 0 Å². The van der Waals surface area contributed by atoms with Crippen LogP contribution in [0.1, 0.15) is 27.0 Å². The van der Waals surface area contributed by atoms with Crippen molar-refractivity contribution >= 4 is 52.4 Å². The van der Waals surface area contributed by atoms with E-state index in [4.69, 9.17) is 51.1 Å². The maximum atomic E-state index is 12.6.